The van der Waals surface area contributed by atoms with Crippen LogP contribution in [0.4, 0.5) is 0 Å². The summed E-state index contributed by atoms with van der Waals surface area (Å²) in [5.41, 5.74) is -0.293. The number of carboxylic acid groups (broad SMARTS) is 1. The Morgan fingerprint density at radius 3 is 2.33 bits per heavy atom. The molecule has 15 heavy (non-hydrogen) atoms. The maximum atomic E-state index is 10.9. The fourth-order valence-electron chi connectivity index (χ4n) is 0.845. The molecule has 0 aliphatic rings. The van der Waals surface area contributed by atoms with Gasteiger partial charge in [0.25, 0.3) is 0 Å². The van der Waals surface area contributed by atoms with E-state index in [-0.39, 0.29) is 45.0 Å². The normalized spacial score (nSPS) is 10.5. The average molecular weight is 259 g/mol. The smallest absolute Gasteiger partial charge is 0.337 e. The Kier molecular flexibility index (Phi) is 5.25. The van der Waals surface area contributed by atoms with Gasteiger partial charge < -0.3 is 5.11 Å². The first-order valence-corrected chi connectivity index (χ1v) is 5.30. The Bertz CT molecular complexity index is 488. The van der Waals surface area contributed by atoms with Crippen molar-refractivity contribution < 1.29 is 18.3 Å². The van der Waals surface area contributed by atoms with Crippen molar-refractivity contribution in [3.05, 3.63) is 28.8 Å². The summed E-state index contributed by atoms with van der Waals surface area (Å²) in [6, 6.07) is 3.23. The van der Waals surface area contributed by atoms with E-state index in [1.807, 2.05) is 0 Å². The Hall–Kier alpha value is -0.110. The van der Waals surface area contributed by atoms with Crippen LogP contribution in [0.5, 0.6) is 0 Å². The third-order valence-corrected chi connectivity index (χ3v) is 2.74. The second-order valence-corrected chi connectivity index (χ2v) is 4.46. The monoisotopic (exact) mass is 258 g/mol. The molecule has 1 rings (SSSR count). The Balaban J connectivity index is 0.00000196. The van der Waals surface area contributed by atoms with E-state index < -0.39 is 16.0 Å². The third-order valence-electron chi connectivity index (χ3n) is 1.50. The third kappa shape index (κ3) is 3.75. The molecule has 0 aliphatic heterocycles. The van der Waals surface area contributed by atoms with Crippen molar-refractivity contribution in [2.75, 3.05) is 0 Å². The zero-order valence-corrected chi connectivity index (χ0v) is 11.3. The molecule has 0 fully saturated rings. The van der Waals surface area contributed by atoms with Gasteiger partial charge in [-0.1, -0.05) is 11.6 Å². The standard InChI is InChI=1S/C7H6ClNO4S.Na/c8-6-2-1-4(14(9,12)13)3-5(6)7(10)11;/h1-3H,(H,10,11)(H2,9,12,13);. The molecule has 0 atom stereocenters. The number of primary sulfonamides is 1. The van der Waals surface area contributed by atoms with Gasteiger partial charge in [-0.25, -0.2) is 18.4 Å². The van der Waals surface area contributed by atoms with Gasteiger partial charge in [0, 0.05) is 29.6 Å². The maximum absolute atomic E-state index is 10.9. The second-order valence-electron chi connectivity index (χ2n) is 2.49. The minimum absolute atomic E-state index is 0. The number of nitrogens with two attached hydrogens (primary N) is 1. The molecule has 0 amide bonds. The number of hydrogen-bond acceptors (Lipinski definition) is 3. The van der Waals surface area contributed by atoms with Gasteiger partial charge in [-0.15, -0.1) is 0 Å². The van der Waals surface area contributed by atoms with Crippen molar-refractivity contribution in [1.82, 2.24) is 0 Å². The molecule has 1 aromatic carbocycles. The number of aromatic carboxylic acids is 1. The second kappa shape index (κ2) is 5.29. The molecule has 77 valence electrons. The van der Waals surface area contributed by atoms with Crippen LogP contribution < -0.4 is 5.14 Å². The van der Waals surface area contributed by atoms with E-state index in [0.717, 1.165) is 12.1 Å². The molecule has 0 bridgehead atoms. The van der Waals surface area contributed by atoms with E-state index in [4.69, 9.17) is 21.8 Å². The molecular weight excluding hydrogens is 253 g/mol. The van der Waals surface area contributed by atoms with Crippen LogP contribution in [0.25, 0.3) is 0 Å². The van der Waals surface area contributed by atoms with Crippen molar-refractivity contribution in [3.8, 4) is 0 Å². The van der Waals surface area contributed by atoms with Gasteiger partial charge in [0.2, 0.25) is 10.0 Å². The van der Waals surface area contributed by atoms with E-state index in [2.05, 4.69) is 0 Å². The van der Waals surface area contributed by atoms with E-state index in [9.17, 15) is 13.2 Å². The SMILES string of the molecule is NS(=O)(=O)c1ccc(Cl)c(C(=O)O)c1.[Na]. The average Bonchev–Trinajstić information content (AvgIpc) is 2.02. The molecule has 0 aliphatic carbocycles. The number of carboxylic acids is 1. The van der Waals surface area contributed by atoms with Gasteiger partial charge >= 0.3 is 5.97 Å². The van der Waals surface area contributed by atoms with Crippen LogP contribution in [0.1, 0.15) is 10.4 Å². The number of halogens is 1. The molecule has 0 unspecified atom stereocenters. The molecule has 0 heterocycles. The molecule has 5 nitrogen and oxygen atoms in total. The molecule has 3 N–H and O–H groups in total. The van der Waals surface area contributed by atoms with E-state index in [1.54, 1.807) is 0 Å². The Labute approximate surface area is 114 Å². The number of hydrogen-bond donors (Lipinski definition) is 2. The quantitative estimate of drug-likeness (QED) is 0.746. The molecule has 8 heteroatoms. The number of rotatable bonds is 2. The van der Waals surface area contributed by atoms with Crippen LogP contribution in [-0.4, -0.2) is 49.1 Å². The van der Waals surface area contributed by atoms with Gasteiger partial charge in [-0.3, -0.25) is 0 Å². The summed E-state index contributed by atoms with van der Waals surface area (Å²) < 4.78 is 21.7. The van der Waals surface area contributed by atoms with Gasteiger partial charge in [0.1, 0.15) is 0 Å². The Morgan fingerprint density at radius 2 is 1.93 bits per heavy atom. The number of carbonyl (C=O) groups is 1. The van der Waals surface area contributed by atoms with Crippen molar-refractivity contribution in [1.29, 1.82) is 0 Å². The summed E-state index contributed by atoms with van der Waals surface area (Å²) in [7, 11) is -3.90. The predicted molar refractivity (Wildman–Crippen MR) is 55.5 cm³/mol. The molecular formula is C7H6ClNNaO4S. The van der Waals surface area contributed by atoms with Gasteiger partial charge in [0.05, 0.1) is 15.5 Å². The number of benzene rings is 1. The van der Waals surface area contributed by atoms with E-state index in [1.165, 1.54) is 6.07 Å². The van der Waals surface area contributed by atoms with Crippen molar-refractivity contribution in [3.63, 3.8) is 0 Å². The predicted octanol–water partition coefficient (Wildman–Crippen LogP) is 0.305. The minimum Gasteiger partial charge on any atom is -0.478 e. The molecule has 0 saturated heterocycles. The summed E-state index contributed by atoms with van der Waals surface area (Å²) in [6.45, 7) is 0. The van der Waals surface area contributed by atoms with Crippen LogP contribution in [0.15, 0.2) is 23.1 Å². The first kappa shape index (κ1) is 14.9. The van der Waals surface area contributed by atoms with Crippen LogP contribution in [0.2, 0.25) is 5.02 Å². The molecule has 1 radical (unpaired) electrons. The summed E-state index contributed by atoms with van der Waals surface area (Å²) in [5, 5.41) is 13.4. The fraction of sp³-hybridized carbons (Fsp3) is 0. The molecule has 1 aromatic rings. The van der Waals surface area contributed by atoms with Gasteiger partial charge in [0.15, 0.2) is 0 Å². The van der Waals surface area contributed by atoms with Crippen molar-refractivity contribution in [2.24, 2.45) is 5.14 Å². The van der Waals surface area contributed by atoms with Crippen LogP contribution >= 0.6 is 11.6 Å². The Morgan fingerprint density at radius 1 is 1.40 bits per heavy atom. The fourth-order valence-corrected chi connectivity index (χ4v) is 1.58. The first-order valence-electron chi connectivity index (χ1n) is 3.38. The van der Waals surface area contributed by atoms with Crippen molar-refractivity contribution >= 4 is 57.2 Å². The zero-order valence-electron chi connectivity index (χ0n) is 7.77. The summed E-state index contributed by atoms with van der Waals surface area (Å²) in [6.07, 6.45) is 0. The summed E-state index contributed by atoms with van der Waals surface area (Å²) in [5.74, 6) is -1.31. The first-order chi connectivity index (χ1) is 6.32. The topological polar surface area (TPSA) is 97.5 Å². The van der Waals surface area contributed by atoms with Gasteiger partial charge in [-0.05, 0) is 18.2 Å². The largest absolute Gasteiger partial charge is 0.478 e. The van der Waals surface area contributed by atoms with Crippen LogP contribution in [0.3, 0.4) is 0 Å². The molecule has 0 spiro atoms. The number of sulfonamides is 1. The van der Waals surface area contributed by atoms with E-state index >= 15 is 0 Å². The molecule has 0 saturated carbocycles. The van der Waals surface area contributed by atoms with Gasteiger partial charge in [-0.2, -0.15) is 0 Å². The summed E-state index contributed by atoms with van der Waals surface area (Å²) in [4.78, 5) is 10.3. The van der Waals surface area contributed by atoms with Crippen LogP contribution in [-0.2, 0) is 10.0 Å². The zero-order chi connectivity index (χ0) is 10.9. The summed E-state index contributed by atoms with van der Waals surface area (Å²) >= 11 is 5.52. The molecule has 0 aromatic heterocycles. The van der Waals surface area contributed by atoms with E-state index in [0.29, 0.717) is 0 Å². The maximum Gasteiger partial charge on any atom is 0.337 e. The van der Waals surface area contributed by atoms with Crippen molar-refractivity contribution in [2.45, 2.75) is 4.90 Å². The van der Waals surface area contributed by atoms with Crippen LogP contribution in [0, 0.1) is 0 Å². The minimum atomic E-state index is -3.90.